The highest BCUT2D eigenvalue weighted by Crippen LogP contribution is 2.29. The minimum Gasteiger partial charge on any atom is -0.459 e. The fourth-order valence-electron chi connectivity index (χ4n) is 3.50. The van der Waals surface area contributed by atoms with Gasteiger partial charge in [-0.1, -0.05) is 19.8 Å². The van der Waals surface area contributed by atoms with Gasteiger partial charge in [-0.05, 0) is 57.3 Å². The summed E-state index contributed by atoms with van der Waals surface area (Å²) in [6, 6.07) is 0. The smallest absolute Gasteiger partial charge is 0.331 e. The van der Waals surface area contributed by atoms with E-state index in [1.807, 2.05) is 0 Å². The van der Waals surface area contributed by atoms with Gasteiger partial charge in [0.15, 0.2) is 0 Å². The van der Waals surface area contributed by atoms with Crippen molar-refractivity contribution in [3.05, 3.63) is 12.2 Å². The van der Waals surface area contributed by atoms with Crippen LogP contribution in [0.25, 0.3) is 0 Å². The van der Waals surface area contributed by atoms with Gasteiger partial charge < -0.3 is 9.47 Å². The van der Waals surface area contributed by atoms with Crippen molar-refractivity contribution in [3.8, 4) is 0 Å². The van der Waals surface area contributed by atoms with Crippen LogP contribution in [0.4, 0.5) is 0 Å². The van der Waals surface area contributed by atoms with Crippen molar-refractivity contribution in [2.45, 2.75) is 83.3 Å². The number of carbonyl (C=O) groups excluding carboxylic acids is 2. The Morgan fingerprint density at radius 3 is 1.86 bits per heavy atom. The summed E-state index contributed by atoms with van der Waals surface area (Å²) in [6.07, 6.45) is 13.2. The molecule has 2 aliphatic rings. The van der Waals surface area contributed by atoms with Crippen LogP contribution >= 0.6 is 0 Å². The molecule has 0 bridgehead atoms. The lowest BCUT2D eigenvalue weighted by Gasteiger charge is -2.27. The summed E-state index contributed by atoms with van der Waals surface area (Å²) < 4.78 is 10.7. The minimum absolute atomic E-state index is 0.0103. The van der Waals surface area contributed by atoms with Crippen molar-refractivity contribution in [1.29, 1.82) is 0 Å². The number of rotatable bonds is 6. The van der Waals surface area contributed by atoms with Crippen LogP contribution in [0.5, 0.6) is 0 Å². The number of hydrogen-bond donors (Lipinski definition) is 0. The Balaban J connectivity index is 1.64. The first-order valence-corrected chi connectivity index (χ1v) is 8.76. The molecule has 0 spiro atoms. The van der Waals surface area contributed by atoms with E-state index in [0.717, 1.165) is 57.3 Å². The van der Waals surface area contributed by atoms with Crippen molar-refractivity contribution in [1.82, 2.24) is 0 Å². The second-order valence-corrected chi connectivity index (χ2v) is 6.54. The Kier molecular flexibility index (Phi) is 6.94. The zero-order chi connectivity index (χ0) is 15.8. The molecule has 0 heterocycles. The predicted octanol–water partition coefficient (Wildman–Crippen LogP) is 3.93. The second kappa shape index (κ2) is 8.96. The van der Waals surface area contributed by atoms with E-state index < -0.39 is 11.9 Å². The lowest BCUT2D eigenvalue weighted by Crippen LogP contribution is -2.24. The maximum absolute atomic E-state index is 11.7. The van der Waals surface area contributed by atoms with E-state index >= 15 is 0 Å². The average Bonchev–Trinajstić information content (AvgIpc) is 3.00. The Bertz CT molecular complexity index is 388. The van der Waals surface area contributed by atoms with Crippen molar-refractivity contribution in [2.75, 3.05) is 0 Å². The molecule has 2 aliphatic carbocycles. The van der Waals surface area contributed by atoms with Crippen molar-refractivity contribution < 1.29 is 19.1 Å². The van der Waals surface area contributed by atoms with E-state index in [1.54, 1.807) is 0 Å². The molecule has 0 aromatic carbocycles. The topological polar surface area (TPSA) is 52.6 Å². The molecule has 0 aromatic rings. The summed E-state index contributed by atoms with van der Waals surface area (Å²) in [5, 5.41) is 0. The van der Waals surface area contributed by atoms with Crippen molar-refractivity contribution >= 4 is 11.9 Å². The molecule has 0 amide bonds. The first-order chi connectivity index (χ1) is 10.7. The number of carbonyl (C=O) groups is 2. The zero-order valence-corrected chi connectivity index (χ0v) is 13.6. The van der Waals surface area contributed by atoms with Crippen LogP contribution in [0.1, 0.15) is 71.1 Å². The van der Waals surface area contributed by atoms with E-state index in [1.165, 1.54) is 25.0 Å². The first kappa shape index (κ1) is 17.0. The van der Waals surface area contributed by atoms with Gasteiger partial charge in [-0.15, -0.1) is 0 Å². The van der Waals surface area contributed by atoms with Crippen LogP contribution in [-0.2, 0) is 19.1 Å². The lowest BCUT2D eigenvalue weighted by molar-refractivity contribution is -0.146. The molecular formula is C18H28O4. The molecule has 0 N–H and O–H groups in total. The Hall–Kier alpha value is -1.32. The van der Waals surface area contributed by atoms with Crippen LogP contribution in [0, 0.1) is 5.92 Å². The second-order valence-electron chi connectivity index (χ2n) is 6.54. The molecule has 0 atom stereocenters. The van der Waals surface area contributed by atoms with Gasteiger partial charge in [0.1, 0.15) is 12.2 Å². The van der Waals surface area contributed by atoms with Crippen LogP contribution < -0.4 is 0 Å². The maximum Gasteiger partial charge on any atom is 0.331 e. The highest BCUT2D eigenvalue weighted by Gasteiger charge is 2.23. The van der Waals surface area contributed by atoms with Gasteiger partial charge in [-0.2, -0.15) is 0 Å². The molecule has 0 aliphatic heterocycles. The van der Waals surface area contributed by atoms with Crippen molar-refractivity contribution in [2.24, 2.45) is 5.92 Å². The SMILES string of the molecule is CCCC1CCC(OC(=O)/C=C/C(=O)OC2CCCC2)CC1. The van der Waals surface area contributed by atoms with E-state index in [4.69, 9.17) is 9.47 Å². The average molecular weight is 308 g/mol. The van der Waals surface area contributed by atoms with E-state index in [0.29, 0.717) is 0 Å². The van der Waals surface area contributed by atoms with Gasteiger partial charge in [-0.3, -0.25) is 0 Å². The molecule has 2 rings (SSSR count). The Morgan fingerprint density at radius 2 is 1.36 bits per heavy atom. The Morgan fingerprint density at radius 1 is 0.864 bits per heavy atom. The molecule has 2 saturated carbocycles. The molecule has 124 valence electrons. The fraction of sp³-hybridized carbons (Fsp3) is 0.778. The van der Waals surface area contributed by atoms with Gasteiger partial charge in [0, 0.05) is 12.2 Å². The molecule has 2 fully saturated rings. The Labute approximate surface area is 133 Å². The summed E-state index contributed by atoms with van der Waals surface area (Å²) in [6.45, 7) is 2.21. The van der Waals surface area contributed by atoms with Gasteiger partial charge in [-0.25, -0.2) is 9.59 Å². The molecule has 0 aromatic heterocycles. The van der Waals surface area contributed by atoms with Crippen LogP contribution in [0.3, 0.4) is 0 Å². The van der Waals surface area contributed by atoms with E-state index in [9.17, 15) is 9.59 Å². The van der Waals surface area contributed by atoms with E-state index in [2.05, 4.69) is 6.92 Å². The van der Waals surface area contributed by atoms with Gasteiger partial charge in [0.05, 0.1) is 0 Å². The van der Waals surface area contributed by atoms with E-state index in [-0.39, 0.29) is 12.2 Å². The highest BCUT2D eigenvalue weighted by molar-refractivity contribution is 5.91. The third kappa shape index (κ3) is 5.82. The summed E-state index contributed by atoms with van der Waals surface area (Å²) in [5.74, 6) is -0.0744. The summed E-state index contributed by atoms with van der Waals surface area (Å²) >= 11 is 0. The third-order valence-corrected chi connectivity index (χ3v) is 4.71. The standard InChI is InChI=1S/C18H28O4/c1-2-5-14-8-10-16(11-9-14)22-18(20)13-12-17(19)21-15-6-3-4-7-15/h12-16H,2-11H2,1H3/b13-12+. The van der Waals surface area contributed by atoms with Gasteiger partial charge in [0.25, 0.3) is 0 Å². The third-order valence-electron chi connectivity index (χ3n) is 4.71. The molecule has 0 radical (unpaired) electrons. The molecular weight excluding hydrogens is 280 g/mol. The molecule has 4 nitrogen and oxygen atoms in total. The number of ether oxygens (including phenoxy) is 2. The molecule has 0 saturated heterocycles. The lowest BCUT2D eigenvalue weighted by atomic mass is 9.85. The van der Waals surface area contributed by atoms with Crippen LogP contribution in [-0.4, -0.2) is 24.1 Å². The van der Waals surface area contributed by atoms with Crippen LogP contribution in [0.2, 0.25) is 0 Å². The normalized spacial score (nSPS) is 26.2. The summed E-state index contributed by atoms with van der Waals surface area (Å²) in [5.41, 5.74) is 0. The molecule has 0 unspecified atom stereocenters. The maximum atomic E-state index is 11.7. The molecule has 4 heteroatoms. The quantitative estimate of drug-likeness (QED) is 0.551. The largest absolute Gasteiger partial charge is 0.459 e. The highest BCUT2D eigenvalue weighted by atomic mass is 16.5. The van der Waals surface area contributed by atoms with Gasteiger partial charge >= 0.3 is 11.9 Å². The molecule has 22 heavy (non-hydrogen) atoms. The fourth-order valence-corrected chi connectivity index (χ4v) is 3.50. The van der Waals surface area contributed by atoms with Crippen LogP contribution in [0.15, 0.2) is 12.2 Å². The first-order valence-electron chi connectivity index (χ1n) is 8.76. The summed E-state index contributed by atoms with van der Waals surface area (Å²) in [4.78, 5) is 23.3. The summed E-state index contributed by atoms with van der Waals surface area (Å²) in [7, 11) is 0. The zero-order valence-electron chi connectivity index (χ0n) is 13.6. The van der Waals surface area contributed by atoms with Crippen molar-refractivity contribution in [3.63, 3.8) is 0 Å². The predicted molar refractivity (Wildman–Crippen MR) is 84.2 cm³/mol. The number of hydrogen-bond acceptors (Lipinski definition) is 4. The minimum atomic E-state index is -0.435. The number of esters is 2. The monoisotopic (exact) mass is 308 g/mol. The van der Waals surface area contributed by atoms with Gasteiger partial charge in [0.2, 0.25) is 0 Å².